The molecule has 1 saturated heterocycles. The fourth-order valence-electron chi connectivity index (χ4n) is 4.03. The number of halogens is 1. The fraction of sp³-hybridized carbons (Fsp3) is 0.286. The number of hydrogen-bond donors (Lipinski definition) is 1. The molecule has 1 aliphatic heterocycles. The number of hydrogen-bond acceptors (Lipinski definition) is 4. The van der Waals surface area contributed by atoms with Crippen molar-refractivity contribution in [3.8, 4) is 5.75 Å². The normalized spacial score (nSPS) is 20.9. The number of amides is 3. The van der Waals surface area contributed by atoms with Gasteiger partial charge in [0.1, 0.15) is 5.54 Å². The summed E-state index contributed by atoms with van der Waals surface area (Å²) in [6.45, 7) is -0.444. The molecule has 2 aliphatic rings. The summed E-state index contributed by atoms with van der Waals surface area (Å²) >= 11 is 0. The van der Waals surface area contributed by atoms with Crippen molar-refractivity contribution in [1.82, 2.24) is 10.2 Å². The lowest BCUT2D eigenvalue weighted by Crippen LogP contribution is -2.46. The number of ketones is 1. The van der Waals surface area contributed by atoms with Crippen LogP contribution in [-0.2, 0) is 16.8 Å². The third kappa shape index (κ3) is 2.74. The standard InChI is InChI=1S/C21H19FN2O4/c1-28-18-9-8-14(11-16(18)22)17(25)12-24-19(26)21(23-20(24)27)10-4-6-13-5-2-3-7-15(13)21/h2-3,5,7-9,11H,4,6,10,12H2,1H3,(H,23,27)/t21-/m0/s1. The van der Waals surface area contributed by atoms with Gasteiger partial charge in [0.2, 0.25) is 0 Å². The van der Waals surface area contributed by atoms with E-state index >= 15 is 0 Å². The van der Waals surface area contributed by atoms with Crippen LogP contribution in [0.3, 0.4) is 0 Å². The van der Waals surface area contributed by atoms with Crippen molar-refractivity contribution < 1.29 is 23.5 Å². The first-order valence-corrected chi connectivity index (χ1v) is 9.05. The van der Waals surface area contributed by atoms with Crippen molar-refractivity contribution in [2.24, 2.45) is 0 Å². The SMILES string of the molecule is COc1ccc(C(=O)CN2C(=O)N[C@]3(CCCc4ccccc43)C2=O)cc1F. The van der Waals surface area contributed by atoms with Crippen LogP contribution in [-0.4, -0.2) is 36.3 Å². The number of carbonyl (C=O) groups excluding carboxylic acids is 3. The number of imide groups is 1. The maximum Gasteiger partial charge on any atom is 0.325 e. The lowest BCUT2D eigenvalue weighted by Gasteiger charge is -2.33. The first-order valence-electron chi connectivity index (χ1n) is 9.05. The molecule has 144 valence electrons. The Morgan fingerprint density at radius 1 is 1.25 bits per heavy atom. The number of nitrogens with one attached hydrogen (secondary N) is 1. The van der Waals surface area contributed by atoms with Gasteiger partial charge in [-0.25, -0.2) is 9.18 Å². The second-order valence-electron chi connectivity index (χ2n) is 7.01. The van der Waals surface area contributed by atoms with Gasteiger partial charge in [-0.3, -0.25) is 14.5 Å². The van der Waals surface area contributed by atoms with Crippen LogP contribution in [0.4, 0.5) is 9.18 Å². The second-order valence-corrected chi connectivity index (χ2v) is 7.01. The molecule has 7 heteroatoms. The van der Waals surface area contributed by atoms with Crippen molar-refractivity contribution in [2.45, 2.75) is 24.8 Å². The molecule has 0 unspecified atom stereocenters. The number of Topliss-reactive ketones (excluding diaryl/α,β-unsaturated/α-hetero) is 1. The monoisotopic (exact) mass is 382 g/mol. The summed E-state index contributed by atoms with van der Waals surface area (Å²) in [6, 6.07) is 10.7. The van der Waals surface area contributed by atoms with Crippen molar-refractivity contribution >= 4 is 17.7 Å². The molecule has 1 heterocycles. The van der Waals surface area contributed by atoms with Crippen molar-refractivity contribution in [2.75, 3.05) is 13.7 Å². The van der Waals surface area contributed by atoms with Crippen LogP contribution < -0.4 is 10.1 Å². The van der Waals surface area contributed by atoms with E-state index in [0.717, 1.165) is 34.9 Å². The largest absolute Gasteiger partial charge is 0.494 e. The summed E-state index contributed by atoms with van der Waals surface area (Å²) < 4.78 is 18.7. The van der Waals surface area contributed by atoms with Crippen LogP contribution in [0.15, 0.2) is 42.5 Å². The van der Waals surface area contributed by atoms with E-state index in [0.29, 0.717) is 6.42 Å². The molecular weight excluding hydrogens is 363 g/mol. The van der Waals surface area contributed by atoms with Gasteiger partial charge in [0.05, 0.1) is 13.7 Å². The van der Waals surface area contributed by atoms with E-state index in [2.05, 4.69) is 5.32 Å². The minimum absolute atomic E-state index is 0.0179. The Morgan fingerprint density at radius 2 is 2.04 bits per heavy atom. The Hall–Kier alpha value is -3.22. The Balaban J connectivity index is 1.61. The van der Waals surface area contributed by atoms with Gasteiger partial charge >= 0.3 is 6.03 Å². The van der Waals surface area contributed by atoms with Crippen LogP contribution in [0.2, 0.25) is 0 Å². The maximum atomic E-state index is 13.9. The van der Waals surface area contributed by atoms with Crippen molar-refractivity contribution in [1.29, 1.82) is 0 Å². The molecule has 2 aromatic rings. The number of benzene rings is 2. The molecule has 28 heavy (non-hydrogen) atoms. The number of aryl methyl sites for hydroxylation is 1. The number of nitrogens with zero attached hydrogens (tertiary/aromatic N) is 1. The molecule has 2 aromatic carbocycles. The maximum absolute atomic E-state index is 13.9. The van der Waals surface area contributed by atoms with Crippen molar-refractivity contribution in [3.05, 3.63) is 65.0 Å². The van der Waals surface area contributed by atoms with Gasteiger partial charge in [0.25, 0.3) is 5.91 Å². The Bertz CT molecular complexity index is 990. The minimum Gasteiger partial charge on any atom is -0.494 e. The third-order valence-electron chi connectivity index (χ3n) is 5.43. The average molecular weight is 382 g/mol. The van der Waals surface area contributed by atoms with E-state index in [1.165, 1.54) is 19.2 Å². The molecule has 0 radical (unpaired) electrons. The van der Waals surface area contributed by atoms with E-state index in [1.807, 2.05) is 24.3 Å². The highest BCUT2D eigenvalue weighted by Gasteiger charge is 2.54. The molecule has 0 saturated carbocycles. The molecule has 4 rings (SSSR count). The summed E-state index contributed by atoms with van der Waals surface area (Å²) in [5.74, 6) is -1.62. The summed E-state index contributed by atoms with van der Waals surface area (Å²) in [5, 5.41) is 2.80. The average Bonchev–Trinajstić information content (AvgIpc) is 2.93. The lowest BCUT2D eigenvalue weighted by atomic mass is 9.76. The molecular formula is C21H19FN2O4. The van der Waals surface area contributed by atoms with Gasteiger partial charge in [0.15, 0.2) is 17.3 Å². The van der Waals surface area contributed by atoms with E-state index in [-0.39, 0.29) is 11.3 Å². The highest BCUT2D eigenvalue weighted by Crippen LogP contribution is 2.39. The zero-order valence-electron chi connectivity index (χ0n) is 15.3. The molecule has 0 bridgehead atoms. The van der Waals surface area contributed by atoms with Crippen LogP contribution in [0.5, 0.6) is 5.75 Å². The molecule has 1 fully saturated rings. The summed E-state index contributed by atoms with van der Waals surface area (Å²) in [5.41, 5.74) is 0.749. The Kier molecular flexibility index (Phi) is 4.37. The Labute approximate surface area is 161 Å². The smallest absolute Gasteiger partial charge is 0.325 e. The molecule has 6 nitrogen and oxygen atoms in total. The number of fused-ring (bicyclic) bond motifs is 2. The zero-order valence-corrected chi connectivity index (χ0v) is 15.3. The van der Waals surface area contributed by atoms with Gasteiger partial charge < -0.3 is 10.1 Å². The van der Waals surface area contributed by atoms with E-state index in [9.17, 15) is 18.8 Å². The predicted octanol–water partition coefficient (Wildman–Crippen LogP) is 2.80. The molecule has 1 N–H and O–H groups in total. The number of urea groups is 1. The van der Waals surface area contributed by atoms with Gasteiger partial charge in [-0.15, -0.1) is 0 Å². The van der Waals surface area contributed by atoms with Crippen LogP contribution in [0.25, 0.3) is 0 Å². The van der Waals surface area contributed by atoms with Gasteiger partial charge in [-0.2, -0.15) is 0 Å². The first kappa shape index (κ1) is 18.2. The van der Waals surface area contributed by atoms with Gasteiger partial charge in [-0.05, 0) is 48.6 Å². The lowest BCUT2D eigenvalue weighted by molar-refractivity contribution is -0.131. The van der Waals surface area contributed by atoms with Crippen molar-refractivity contribution in [3.63, 3.8) is 0 Å². The quantitative estimate of drug-likeness (QED) is 0.652. The van der Waals surface area contributed by atoms with Gasteiger partial charge in [-0.1, -0.05) is 24.3 Å². The number of carbonyl (C=O) groups is 3. The number of ether oxygens (including phenoxy) is 1. The van der Waals surface area contributed by atoms with E-state index < -0.39 is 35.6 Å². The molecule has 1 atom stereocenters. The second kappa shape index (κ2) is 6.74. The van der Waals surface area contributed by atoms with Crippen LogP contribution in [0.1, 0.15) is 34.3 Å². The summed E-state index contributed by atoms with van der Waals surface area (Å²) in [6.07, 6.45) is 2.08. The van der Waals surface area contributed by atoms with E-state index in [4.69, 9.17) is 4.74 Å². The van der Waals surface area contributed by atoms with Gasteiger partial charge in [0, 0.05) is 5.56 Å². The minimum atomic E-state index is -1.13. The van der Waals surface area contributed by atoms with Crippen LogP contribution in [0, 0.1) is 5.82 Å². The van der Waals surface area contributed by atoms with E-state index in [1.54, 1.807) is 0 Å². The van der Waals surface area contributed by atoms with Crippen LogP contribution >= 0.6 is 0 Å². The summed E-state index contributed by atoms with van der Waals surface area (Å²) in [4.78, 5) is 39.2. The highest BCUT2D eigenvalue weighted by atomic mass is 19.1. The first-order chi connectivity index (χ1) is 13.5. The third-order valence-corrected chi connectivity index (χ3v) is 5.43. The number of methoxy groups -OCH3 is 1. The highest BCUT2D eigenvalue weighted by molar-refractivity contribution is 6.11. The fourth-order valence-corrected chi connectivity index (χ4v) is 4.03. The molecule has 0 aromatic heterocycles. The number of rotatable bonds is 4. The topological polar surface area (TPSA) is 75.7 Å². The zero-order chi connectivity index (χ0) is 19.9. The Morgan fingerprint density at radius 3 is 2.79 bits per heavy atom. The molecule has 1 aliphatic carbocycles. The predicted molar refractivity (Wildman–Crippen MR) is 98.6 cm³/mol. The summed E-state index contributed by atoms with van der Waals surface area (Å²) in [7, 11) is 1.33. The molecule has 3 amide bonds. The molecule has 1 spiro atoms.